The molecular formula is C25H27F3N2O5. The number of amides is 1. The fourth-order valence-corrected chi connectivity index (χ4v) is 3.57. The van der Waals surface area contributed by atoms with E-state index in [0.29, 0.717) is 37.6 Å². The Morgan fingerprint density at radius 3 is 2.37 bits per heavy atom. The van der Waals surface area contributed by atoms with Crippen LogP contribution in [0.1, 0.15) is 39.9 Å². The summed E-state index contributed by atoms with van der Waals surface area (Å²) >= 11 is 0. The quantitative estimate of drug-likeness (QED) is 0.437. The van der Waals surface area contributed by atoms with Gasteiger partial charge in [-0.25, -0.2) is 0 Å². The highest BCUT2D eigenvalue weighted by Crippen LogP contribution is 2.35. The Balaban J connectivity index is 1.57. The number of morpholine rings is 1. The van der Waals surface area contributed by atoms with E-state index in [4.69, 9.17) is 9.47 Å². The van der Waals surface area contributed by atoms with E-state index in [1.54, 1.807) is 12.1 Å². The predicted molar refractivity (Wildman–Crippen MR) is 124 cm³/mol. The van der Waals surface area contributed by atoms with E-state index in [9.17, 15) is 27.6 Å². The zero-order valence-electron chi connectivity index (χ0n) is 19.5. The number of benzene rings is 2. The molecule has 2 aromatic rings. The molecule has 1 N–H and O–H groups in total. The van der Waals surface area contributed by atoms with E-state index in [1.165, 1.54) is 6.07 Å². The van der Waals surface area contributed by atoms with Crippen molar-refractivity contribution in [2.24, 2.45) is 0 Å². The summed E-state index contributed by atoms with van der Waals surface area (Å²) in [5.74, 6) is -1.77. The minimum Gasteiger partial charge on any atom is -0.456 e. The molecule has 0 saturated carbocycles. The summed E-state index contributed by atoms with van der Waals surface area (Å²) in [6, 6.07) is 8.36. The summed E-state index contributed by atoms with van der Waals surface area (Å²) < 4.78 is 49.8. The van der Waals surface area contributed by atoms with Crippen LogP contribution in [-0.2, 0) is 25.2 Å². The van der Waals surface area contributed by atoms with Crippen LogP contribution in [0.3, 0.4) is 0 Å². The first-order valence-electron chi connectivity index (χ1n) is 11.1. The lowest BCUT2D eigenvalue weighted by Gasteiger charge is -2.31. The number of hydrogen-bond acceptors (Lipinski definition) is 6. The van der Waals surface area contributed by atoms with Crippen LogP contribution >= 0.6 is 0 Å². The number of aryl methyl sites for hydroxylation is 2. The molecule has 1 fully saturated rings. The number of ether oxygens (including phenoxy) is 2. The lowest BCUT2D eigenvalue weighted by molar-refractivity contribution is -0.147. The van der Waals surface area contributed by atoms with Crippen LogP contribution in [0.2, 0.25) is 0 Å². The minimum atomic E-state index is -4.59. The van der Waals surface area contributed by atoms with Crippen molar-refractivity contribution in [2.75, 3.05) is 43.1 Å². The van der Waals surface area contributed by atoms with Gasteiger partial charge in [0.2, 0.25) is 0 Å². The zero-order valence-corrected chi connectivity index (χ0v) is 19.5. The summed E-state index contributed by atoms with van der Waals surface area (Å²) in [6.07, 6.45) is -4.89. The highest BCUT2D eigenvalue weighted by Gasteiger charge is 2.32. The lowest BCUT2D eigenvalue weighted by atomic mass is 10.0. The molecule has 1 heterocycles. The van der Waals surface area contributed by atoms with Gasteiger partial charge in [0, 0.05) is 25.1 Å². The van der Waals surface area contributed by atoms with Crippen LogP contribution in [0.15, 0.2) is 36.4 Å². The van der Waals surface area contributed by atoms with Gasteiger partial charge in [0.05, 0.1) is 36.6 Å². The van der Waals surface area contributed by atoms with Crippen molar-refractivity contribution in [1.29, 1.82) is 0 Å². The van der Waals surface area contributed by atoms with Gasteiger partial charge in [-0.2, -0.15) is 13.2 Å². The van der Waals surface area contributed by atoms with Gasteiger partial charge in [0.15, 0.2) is 12.4 Å². The van der Waals surface area contributed by atoms with E-state index in [2.05, 4.69) is 5.32 Å². The number of nitrogens with one attached hydrogen (secondary N) is 1. The van der Waals surface area contributed by atoms with Gasteiger partial charge in [0.1, 0.15) is 0 Å². The maximum absolute atomic E-state index is 13.2. The molecule has 2 aromatic carbocycles. The number of carbonyl (C=O) groups is 3. The normalized spacial score (nSPS) is 13.9. The van der Waals surface area contributed by atoms with E-state index in [0.717, 1.165) is 23.3 Å². The Morgan fingerprint density at radius 2 is 1.71 bits per heavy atom. The number of anilines is 2. The maximum atomic E-state index is 13.2. The molecule has 10 heteroatoms. The largest absolute Gasteiger partial charge is 0.456 e. The number of alkyl halides is 3. The van der Waals surface area contributed by atoms with Crippen molar-refractivity contribution in [3.8, 4) is 0 Å². The van der Waals surface area contributed by atoms with E-state index < -0.39 is 30.2 Å². The Morgan fingerprint density at radius 1 is 1.00 bits per heavy atom. The van der Waals surface area contributed by atoms with Crippen molar-refractivity contribution in [1.82, 2.24) is 0 Å². The van der Waals surface area contributed by atoms with E-state index in [1.807, 2.05) is 24.8 Å². The number of rotatable bonds is 8. The third kappa shape index (κ3) is 7.29. The monoisotopic (exact) mass is 492 g/mol. The van der Waals surface area contributed by atoms with Gasteiger partial charge in [-0.3, -0.25) is 14.4 Å². The fourth-order valence-electron chi connectivity index (χ4n) is 3.57. The van der Waals surface area contributed by atoms with Crippen molar-refractivity contribution in [2.45, 2.75) is 32.9 Å². The molecule has 0 aromatic heterocycles. The highest BCUT2D eigenvalue weighted by atomic mass is 19.4. The molecule has 0 atom stereocenters. The van der Waals surface area contributed by atoms with Gasteiger partial charge < -0.3 is 19.7 Å². The molecule has 35 heavy (non-hydrogen) atoms. The average molecular weight is 492 g/mol. The summed E-state index contributed by atoms with van der Waals surface area (Å²) in [7, 11) is 0. The van der Waals surface area contributed by atoms with Crippen molar-refractivity contribution >= 4 is 29.0 Å². The molecule has 0 unspecified atom stereocenters. The second-order valence-corrected chi connectivity index (χ2v) is 8.26. The van der Waals surface area contributed by atoms with Crippen LogP contribution in [0.4, 0.5) is 24.5 Å². The highest BCUT2D eigenvalue weighted by molar-refractivity contribution is 5.98. The average Bonchev–Trinajstić information content (AvgIpc) is 2.83. The third-order valence-corrected chi connectivity index (χ3v) is 5.70. The molecule has 0 aliphatic carbocycles. The number of carbonyl (C=O) groups excluding carboxylic acids is 3. The van der Waals surface area contributed by atoms with Gasteiger partial charge in [0.25, 0.3) is 5.91 Å². The first-order chi connectivity index (χ1) is 16.5. The van der Waals surface area contributed by atoms with E-state index >= 15 is 0 Å². The molecule has 7 nitrogen and oxygen atoms in total. The molecule has 1 aliphatic rings. The third-order valence-electron chi connectivity index (χ3n) is 5.70. The van der Waals surface area contributed by atoms with Crippen LogP contribution in [-0.4, -0.2) is 50.6 Å². The Hall–Kier alpha value is -3.40. The number of halogens is 3. The van der Waals surface area contributed by atoms with Crippen LogP contribution in [0, 0.1) is 13.8 Å². The van der Waals surface area contributed by atoms with Crippen molar-refractivity contribution < 1.29 is 37.0 Å². The Kier molecular flexibility index (Phi) is 8.50. The standard InChI is InChI=1S/C25H27F3N2O5/c1-16-3-4-18(13-17(16)2)22(31)7-8-24(33)35-15-23(32)29-20-14-19(25(26,27)28)5-6-21(20)30-9-11-34-12-10-30/h3-6,13-14H,7-12,15H2,1-2H3,(H,29,32). The van der Waals surface area contributed by atoms with E-state index in [-0.39, 0.29) is 24.3 Å². The molecule has 0 bridgehead atoms. The molecule has 1 aliphatic heterocycles. The lowest BCUT2D eigenvalue weighted by Crippen LogP contribution is -2.37. The van der Waals surface area contributed by atoms with Gasteiger partial charge in [-0.05, 0) is 49.2 Å². The van der Waals surface area contributed by atoms with Crippen LogP contribution in [0.25, 0.3) is 0 Å². The molecule has 188 valence electrons. The second kappa shape index (κ2) is 11.4. The van der Waals surface area contributed by atoms with Crippen LogP contribution in [0.5, 0.6) is 0 Å². The summed E-state index contributed by atoms with van der Waals surface area (Å²) in [6.45, 7) is 4.86. The number of ketones is 1. The second-order valence-electron chi connectivity index (χ2n) is 8.26. The molecule has 0 spiro atoms. The zero-order chi connectivity index (χ0) is 25.6. The maximum Gasteiger partial charge on any atom is 0.416 e. The first-order valence-corrected chi connectivity index (χ1v) is 11.1. The molecular weight excluding hydrogens is 465 g/mol. The molecule has 3 rings (SSSR count). The van der Waals surface area contributed by atoms with Gasteiger partial charge >= 0.3 is 12.1 Å². The van der Waals surface area contributed by atoms with Crippen molar-refractivity contribution in [3.05, 3.63) is 58.7 Å². The molecule has 0 radical (unpaired) electrons. The molecule has 1 saturated heterocycles. The topological polar surface area (TPSA) is 84.9 Å². The van der Waals surface area contributed by atoms with Gasteiger partial charge in [-0.1, -0.05) is 12.1 Å². The number of Topliss-reactive ketones (excluding diaryl/α,β-unsaturated/α-hetero) is 1. The first kappa shape index (κ1) is 26.2. The minimum absolute atomic E-state index is 0.0345. The Bertz CT molecular complexity index is 1090. The van der Waals surface area contributed by atoms with Crippen LogP contribution < -0.4 is 10.2 Å². The van der Waals surface area contributed by atoms with Crippen molar-refractivity contribution in [3.63, 3.8) is 0 Å². The molecule has 1 amide bonds. The Labute approximate surface area is 201 Å². The van der Waals surface area contributed by atoms with Gasteiger partial charge in [-0.15, -0.1) is 0 Å². The number of nitrogens with zero attached hydrogens (tertiary/aromatic N) is 1. The SMILES string of the molecule is Cc1ccc(C(=O)CCC(=O)OCC(=O)Nc2cc(C(F)(F)F)ccc2N2CCOCC2)cc1C. The summed E-state index contributed by atoms with van der Waals surface area (Å²) in [5.41, 5.74) is 1.96. The summed E-state index contributed by atoms with van der Waals surface area (Å²) in [5, 5.41) is 2.41. The number of hydrogen-bond donors (Lipinski definition) is 1. The fraction of sp³-hybridized carbons (Fsp3) is 0.400. The smallest absolute Gasteiger partial charge is 0.416 e. The number of esters is 1. The predicted octanol–water partition coefficient (Wildman–Crippen LogP) is 4.30. The summed E-state index contributed by atoms with van der Waals surface area (Å²) in [4.78, 5) is 38.5.